The molecule has 0 aromatic heterocycles. The number of ether oxygens (including phenoxy) is 1. The molecule has 148 valence electrons. The number of aliphatic hydroxyl groups is 1. The highest BCUT2D eigenvalue weighted by Crippen LogP contribution is 2.22. The van der Waals surface area contributed by atoms with Crippen LogP contribution in [0.1, 0.15) is 37.7 Å². The molecule has 27 heavy (non-hydrogen) atoms. The van der Waals surface area contributed by atoms with Crippen molar-refractivity contribution in [3.05, 3.63) is 29.8 Å². The lowest BCUT2D eigenvalue weighted by Gasteiger charge is -2.35. The number of carbonyl (C=O) groups excluding carboxylic acids is 2. The van der Waals surface area contributed by atoms with Gasteiger partial charge in [0.2, 0.25) is 11.8 Å². The molecule has 3 rings (SSSR count). The molecule has 1 aliphatic carbocycles. The Kier molecular flexibility index (Phi) is 6.68. The van der Waals surface area contributed by atoms with E-state index in [-0.39, 0.29) is 30.4 Å². The number of amides is 2. The molecule has 1 unspecified atom stereocenters. The van der Waals surface area contributed by atoms with Crippen LogP contribution in [0.15, 0.2) is 24.3 Å². The van der Waals surface area contributed by atoms with E-state index in [0.29, 0.717) is 19.6 Å². The minimum absolute atomic E-state index is 0.0928. The molecule has 1 saturated heterocycles. The van der Waals surface area contributed by atoms with Crippen LogP contribution in [0.3, 0.4) is 0 Å². The number of rotatable bonds is 6. The summed E-state index contributed by atoms with van der Waals surface area (Å²) < 4.78 is 5.41. The second-order valence-electron chi connectivity index (χ2n) is 7.37. The van der Waals surface area contributed by atoms with Crippen LogP contribution in [0.4, 0.5) is 0 Å². The minimum atomic E-state index is -0.488. The summed E-state index contributed by atoms with van der Waals surface area (Å²) in [4.78, 5) is 27.0. The van der Waals surface area contributed by atoms with Crippen molar-refractivity contribution < 1.29 is 19.4 Å². The highest BCUT2D eigenvalue weighted by atomic mass is 16.5. The molecule has 0 bridgehead atoms. The summed E-state index contributed by atoms with van der Waals surface area (Å²) in [6.07, 6.45) is 2.89. The van der Waals surface area contributed by atoms with Crippen molar-refractivity contribution in [2.24, 2.45) is 0 Å². The van der Waals surface area contributed by atoms with Gasteiger partial charge in [0, 0.05) is 31.2 Å². The number of hydrogen-bond donors (Lipinski definition) is 3. The lowest BCUT2D eigenvalue weighted by molar-refractivity contribution is -0.134. The number of methoxy groups -OCH3 is 1. The van der Waals surface area contributed by atoms with Crippen molar-refractivity contribution in [3.8, 4) is 5.75 Å². The minimum Gasteiger partial charge on any atom is -0.496 e. The van der Waals surface area contributed by atoms with Crippen LogP contribution >= 0.6 is 0 Å². The highest BCUT2D eigenvalue weighted by molar-refractivity contribution is 5.88. The number of para-hydroxylation sites is 1. The van der Waals surface area contributed by atoms with Crippen LogP contribution in [-0.4, -0.2) is 60.2 Å². The lowest BCUT2D eigenvalue weighted by atomic mass is 9.93. The Balaban J connectivity index is 1.62. The number of piperazine rings is 1. The van der Waals surface area contributed by atoms with Gasteiger partial charge < -0.3 is 20.5 Å². The zero-order valence-corrected chi connectivity index (χ0v) is 15.8. The van der Waals surface area contributed by atoms with E-state index < -0.39 is 6.04 Å². The van der Waals surface area contributed by atoms with E-state index in [2.05, 4.69) is 10.6 Å². The molecule has 1 aromatic carbocycles. The fourth-order valence-corrected chi connectivity index (χ4v) is 3.91. The predicted molar refractivity (Wildman–Crippen MR) is 101 cm³/mol. The molecule has 1 atom stereocenters. The maximum absolute atomic E-state index is 12.5. The summed E-state index contributed by atoms with van der Waals surface area (Å²) in [5.41, 5.74) is 1.00. The van der Waals surface area contributed by atoms with E-state index in [1.54, 1.807) is 7.11 Å². The summed E-state index contributed by atoms with van der Waals surface area (Å²) in [6.45, 7) is 1.83. The van der Waals surface area contributed by atoms with Crippen molar-refractivity contribution in [1.29, 1.82) is 0 Å². The molecule has 2 aliphatic rings. The van der Waals surface area contributed by atoms with E-state index in [4.69, 9.17) is 4.74 Å². The second kappa shape index (κ2) is 9.19. The Labute approximate surface area is 160 Å². The Morgan fingerprint density at radius 2 is 2.04 bits per heavy atom. The highest BCUT2D eigenvalue weighted by Gasteiger charge is 2.32. The molecule has 1 aromatic rings. The van der Waals surface area contributed by atoms with Crippen LogP contribution < -0.4 is 15.4 Å². The number of nitrogens with one attached hydrogen (secondary N) is 2. The molecular formula is C20H29N3O4. The molecular weight excluding hydrogens is 346 g/mol. The SMILES string of the molecule is COc1ccccc1CN1CCNC(=O)C1CC(=O)NC1CCC(O)CC1. The van der Waals surface area contributed by atoms with Crippen LogP contribution in [-0.2, 0) is 16.1 Å². The van der Waals surface area contributed by atoms with E-state index >= 15 is 0 Å². The van der Waals surface area contributed by atoms with Gasteiger partial charge in [-0.1, -0.05) is 18.2 Å². The summed E-state index contributed by atoms with van der Waals surface area (Å²) >= 11 is 0. The summed E-state index contributed by atoms with van der Waals surface area (Å²) in [5, 5.41) is 15.5. The molecule has 2 fully saturated rings. The Morgan fingerprint density at radius 1 is 1.30 bits per heavy atom. The summed E-state index contributed by atoms with van der Waals surface area (Å²) in [6, 6.07) is 7.35. The first kappa shape index (κ1) is 19.6. The predicted octanol–water partition coefficient (Wildman–Crippen LogP) is 0.805. The monoisotopic (exact) mass is 375 g/mol. The molecule has 7 nitrogen and oxygen atoms in total. The van der Waals surface area contributed by atoms with Crippen LogP contribution in [0, 0.1) is 0 Å². The van der Waals surface area contributed by atoms with Crippen LogP contribution in [0.25, 0.3) is 0 Å². The molecule has 3 N–H and O–H groups in total. The Bertz CT molecular complexity index is 658. The van der Waals surface area contributed by atoms with Gasteiger partial charge in [-0.25, -0.2) is 0 Å². The van der Waals surface area contributed by atoms with Crippen LogP contribution in [0.2, 0.25) is 0 Å². The molecule has 7 heteroatoms. The number of aliphatic hydroxyl groups excluding tert-OH is 1. The van der Waals surface area contributed by atoms with Gasteiger partial charge >= 0.3 is 0 Å². The van der Waals surface area contributed by atoms with Gasteiger partial charge in [-0.3, -0.25) is 14.5 Å². The maximum atomic E-state index is 12.5. The molecule has 0 radical (unpaired) electrons. The smallest absolute Gasteiger partial charge is 0.237 e. The van der Waals surface area contributed by atoms with E-state index in [1.807, 2.05) is 29.2 Å². The topological polar surface area (TPSA) is 90.9 Å². The first-order valence-corrected chi connectivity index (χ1v) is 9.68. The van der Waals surface area contributed by atoms with Crippen molar-refractivity contribution in [2.75, 3.05) is 20.2 Å². The molecule has 1 heterocycles. The van der Waals surface area contributed by atoms with Gasteiger partial charge in [0.1, 0.15) is 5.75 Å². The van der Waals surface area contributed by atoms with Gasteiger partial charge in [0.15, 0.2) is 0 Å². The normalized spacial score (nSPS) is 26.3. The third-order valence-electron chi connectivity index (χ3n) is 5.45. The summed E-state index contributed by atoms with van der Waals surface area (Å²) in [7, 11) is 1.63. The molecule has 1 saturated carbocycles. The Hall–Kier alpha value is -2.12. The van der Waals surface area contributed by atoms with Gasteiger partial charge in [-0.05, 0) is 31.7 Å². The largest absolute Gasteiger partial charge is 0.496 e. The number of carbonyl (C=O) groups is 2. The van der Waals surface area contributed by atoms with Gasteiger partial charge in [-0.15, -0.1) is 0 Å². The average Bonchev–Trinajstić information content (AvgIpc) is 2.67. The first-order valence-electron chi connectivity index (χ1n) is 9.68. The fraction of sp³-hybridized carbons (Fsp3) is 0.600. The van der Waals surface area contributed by atoms with E-state index in [0.717, 1.165) is 37.0 Å². The number of benzene rings is 1. The molecule has 1 aliphatic heterocycles. The summed E-state index contributed by atoms with van der Waals surface area (Å²) in [5.74, 6) is 0.571. The number of hydrogen-bond acceptors (Lipinski definition) is 5. The lowest BCUT2D eigenvalue weighted by Crippen LogP contribution is -2.56. The standard InChI is InChI=1S/C20H29N3O4/c1-27-18-5-3-2-4-14(18)13-23-11-10-21-20(26)17(23)12-19(25)22-15-6-8-16(24)9-7-15/h2-5,15-17,24H,6-13H2,1H3,(H,21,26)(H,22,25). The quantitative estimate of drug-likeness (QED) is 0.684. The molecule has 2 amide bonds. The maximum Gasteiger partial charge on any atom is 0.237 e. The zero-order valence-electron chi connectivity index (χ0n) is 15.8. The second-order valence-corrected chi connectivity index (χ2v) is 7.37. The van der Waals surface area contributed by atoms with E-state index in [9.17, 15) is 14.7 Å². The number of nitrogens with zero attached hydrogens (tertiary/aromatic N) is 1. The van der Waals surface area contributed by atoms with Gasteiger partial charge in [-0.2, -0.15) is 0 Å². The van der Waals surface area contributed by atoms with Gasteiger partial charge in [0.05, 0.1) is 25.7 Å². The Morgan fingerprint density at radius 3 is 2.78 bits per heavy atom. The molecule has 0 spiro atoms. The zero-order chi connectivity index (χ0) is 19.2. The fourth-order valence-electron chi connectivity index (χ4n) is 3.91. The first-order chi connectivity index (χ1) is 13.1. The third kappa shape index (κ3) is 5.20. The third-order valence-corrected chi connectivity index (χ3v) is 5.45. The van der Waals surface area contributed by atoms with Crippen molar-refractivity contribution in [1.82, 2.24) is 15.5 Å². The van der Waals surface area contributed by atoms with Crippen molar-refractivity contribution in [2.45, 2.75) is 56.8 Å². The van der Waals surface area contributed by atoms with Crippen molar-refractivity contribution >= 4 is 11.8 Å². The van der Waals surface area contributed by atoms with Gasteiger partial charge in [0.25, 0.3) is 0 Å². The van der Waals surface area contributed by atoms with E-state index in [1.165, 1.54) is 0 Å². The van der Waals surface area contributed by atoms with Crippen LogP contribution in [0.5, 0.6) is 5.75 Å². The average molecular weight is 375 g/mol. The van der Waals surface area contributed by atoms with Crippen molar-refractivity contribution in [3.63, 3.8) is 0 Å².